The molecule has 5 heteroatoms. The predicted molar refractivity (Wildman–Crippen MR) is 60.3 cm³/mol. The summed E-state index contributed by atoms with van der Waals surface area (Å²) in [6, 6.07) is 1.79. The Morgan fingerprint density at radius 2 is 2.44 bits per heavy atom. The average Bonchev–Trinajstić information content (AvgIpc) is 2.70. The minimum atomic E-state index is -0.173. The van der Waals surface area contributed by atoms with Crippen molar-refractivity contribution in [3.8, 4) is 0 Å². The third-order valence-electron chi connectivity index (χ3n) is 2.09. The van der Waals surface area contributed by atoms with Crippen molar-refractivity contribution >= 4 is 6.03 Å². The number of furan rings is 1. The van der Waals surface area contributed by atoms with Crippen molar-refractivity contribution < 1.29 is 13.9 Å². The van der Waals surface area contributed by atoms with Gasteiger partial charge in [-0.15, -0.1) is 0 Å². The lowest BCUT2D eigenvalue weighted by Gasteiger charge is -2.13. The third kappa shape index (κ3) is 4.84. The quantitative estimate of drug-likeness (QED) is 0.715. The molecule has 1 unspecified atom stereocenters. The molecule has 0 spiro atoms. The zero-order chi connectivity index (χ0) is 11.8. The number of carbonyl (C=O) groups excluding carboxylic acids is 1. The Bertz CT molecular complexity index is 298. The van der Waals surface area contributed by atoms with Crippen molar-refractivity contribution in [3.05, 3.63) is 24.2 Å². The van der Waals surface area contributed by atoms with Crippen LogP contribution in [0.2, 0.25) is 0 Å². The molecule has 1 rings (SSSR count). The topological polar surface area (TPSA) is 63.5 Å². The Hall–Kier alpha value is -1.49. The van der Waals surface area contributed by atoms with Gasteiger partial charge in [-0.1, -0.05) is 0 Å². The number of rotatable bonds is 6. The van der Waals surface area contributed by atoms with Crippen LogP contribution < -0.4 is 10.6 Å². The molecule has 0 aliphatic rings. The maximum absolute atomic E-state index is 11.4. The van der Waals surface area contributed by atoms with E-state index in [2.05, 4.69) is 10.6 Å². The van der Waals surface area contributed by atoms with Crippen LogP contribution in [0.15, 0.2) is 23.0 Å². The molecule has 1 aromatic heterocycles. The highest BCUT2D eigenvalue weighted by Gasteiger charge is 2.07. The molecule has 0 bridgehead atoms. The smallest absolute Gasteiger partial charge is 0.315 e. The van der Waals surface area contributed by atoms with Gasteiger partial charge in [0.1, 0.15) is 0 Å². The molecule has 0 aliphatic carbocycles. The molecule has 0 fully saturated rings. The predicted octanol–water partition coefficient (Wildman–Crippen LogP) is 1.16. The summed E-state index contributed by atoms with van der Waals surface area (Å²) in [6.07, 6.45) is 4.07. The standard InChI is InChI=1S/C11H18N2O3/c1-9(7-10-3-5-16-8-10)13-11(14)12-4-6-15-2/h3,5,8-9H,4,6-7H2,1-2H3,(H2,12,13,14). The Morgan fingerprint density at radius 1 is 1.62 bits per heavy atom. The van der Waals surface area contributed by atoms with E-state index >= 15 is 0 Å². The number of nitrogens with one attached hydrogen (secondary N) is 2. The van der Waals surface area contributed by atoms with E-state index in [1.807, 2.05) is 13.0 Å². The first-order chi connectivity index (χ1) is 7.72. The van der Waals surface area contributed by atoms with Gasteiger partial charge >= 0.3 is 6.03 Å². The number of ether oxygens (including phenoxy) is 1. The zero-order valence-corrected chi connectivity index (χ0v) is 9.66. The van der Waals surface area contributed by atoms with E-state index < -0.39 is 0 Å². The number of amides is 2. The molecule has 1 aromatic rings. The molecular formula is C11H18N2O3. The van der Waals surface area contributed by atoms with Gasteiger partial charge in [-0.05, 0) is 25.0 Å². The lowest BCUT2D eigenvalue weighted by molar-refractivity contribution is 0.195. The first-order valence-corrected chi connectivity index (χ1v) is 5.26. The molecule has 16 heavy (non-hydrogen) atoms. The molecule has 0 aromatic carbocycles. The summed E-state index contributed by atoms with van der Waals surface area (Å²) in [5, 5.41) is 5.53. The maximum atomic E-state index is 11.4. The number of carbonyl (C=O) groups is 1. The number of hydrogen-bond acceptors (Lipinski definition) is 3. The highest BCUT2D eigenvalue weighted by atomic mass is 16.5. The second-order valence-electron chi connectivity index (χ2n) is 3.63. The number of methoxy groups -OCH3 is 1. The van der Waals surface area contributed by atoms with Crippen LogP contribution in [0.4, 0.5) is 4.79 Å². The van der Waals surface area contributed by atoms with E-state index in [-0.39, 0.29) is 12.1 Å². The lowest BCUT2D eigenvalue weighted by atomic mass is 10.1. The first kappa shape index (κ1) is 12.6. The summed E-state index contributed by atoms with van der Waals surface area (Å²) in [5.41, 5.74) is 1.07. The summed E-state index contributed by atoms with van der Waals surface area (Å²) in [4.78, 5) is 11.4. The summed E-state index contributed by atoms with van der Waals surface area (Å²) < 4.78 is 9.78. The van der Waals surface area contributed by atoms with E-state index in [1.165, 1.54) is 0 Å². The van der Waals surface area contributed by atoms with Crippen LogP contribution in [0.5, 0.6) is 0 Å². The molecule has 0 radical (unpaired) electrons. The highest BCUT2D eigenvalue weighted by molar-refractivity contribution is 5.74. The van der Waals surface area contributed by atoms with Gasteiger partial charge in [-0.25, -0.2) is 4.79 Å². The summed E-state index contributed by atoms with van der Waals surface area (Å²) >= 11 is 0. The van der Waals surface area contributed by atoms with E-state index in [4.69, 9.17) is 9.15 Å². The van der Waals surface area contributed by atoms with Gasteiger partial charge < -0.3 is 19.8 Å². The fourth-order valence-corrected chi connectivity index (χ4v) is 1.35. The van der Waals surface area contributed by atoms with Crippen molar-refractivity contribution in [2.75, 3.05) is 20.3 Å². The first-order valence-electron chi connectivity index (χ1n) is 5.26. The van der Waals surface area contributed by atoms with Crippen LogP contribution >= 0.6 is 0 Å². The fourth-order valence-electron chi connectivity index (χ4n) is 1.35. The van der Waals surface area contributed by atoms with Crippen LogP contribution in [0.25, 0.3) is 0 Å². The SMILES string of the molecule is COCCNC(=O)NC(C)Cc1ccoc1. The van der Waals surface area contributed by atoms with Crippen molar-refractivity contribution in [1.82, 2.24) is 10.6 Å². The van der Waals surface area contributed by atoms with Crippen molar-refractivity contribution in [1.29, 1.82) is 0 Å². The molecule has 2 amide bonds. The molecule has 2 N–H and O–H groups in total. The van der Waals surface area contributed by atoms with Crippen molar-refractivity contribution in [3.63, 3.8) is 0 Å². The van der Waals surface area contributed by atoms with Crippen LogP contribution in [0.3, 0.4) is 0 Å². The monoisotopic (exact) mass is 226 g/mol. The molecule has 0 aliphatic heterocycles. The van der Waals surface area contributed by atoms with Crippen molar-refractivity contribution in [2.45, 2.75) is 19.4 Å². The van der Waals surface area contributed by atoms with Crippen LogP contribution in [-0.2, 0) is 11.2 Å². The van der Waals surface area contributed by atoms with E-state index in [9.17, 15) is 4.79 Å². The molecular weight excluding hydrogens is 208 g/mol. The zero-order valence-electron chi connectivity index (χ0n) is 9.66. The molecule has 0 saturated heterocycles. The highest BCUT2D eigenvalue weighted by Crippen LogP contribution is 2.03. The fraction of sp³-hybridized carbons (Fsp3) is 0.545. The summed E-state index contributed by atoms with van der Waals surface area (Å²) in [7, 11) is 1.60. The van der Waals surface area contributed by atoms with Gasteiger partial charge in [-0.2, -0.15) is 0 Å². The third-order valence-corrected chi connectivity index (χ3v) is 2.09. The minimum Gasteiger partial charge on any atom is -0.472 e. The van der Waals surface area contributed by atoms with Crippen LogP contribution in [0, 0.1) is 0 Å². The second kappa shape index (κ2) is 6.90. The maximum Gasteiger partial charge on any atom is 0.315 e. The van der Waals surface area contributed by atoms with Gasteiger partial charge in [0.25, 0.3) is 0 Å². The van der Waals surface area contributed by atoms with Gasteiger partial charge in [-0.3, -0.25) is 0 Å². The Balaban J connectivity index is 2.18. The van der Waals surface area contributed by atoms with E-state index in [0.29, 0.717) is 13.2 Å². The van der Waals surface area contributed by atoms with Gasteiger partial charge in [0.05, 0.1) is 19.1 Å². The summed E-state index contributed by atoms with van der Waals surface area (Å²) in [5.74, 6) is 0. The Kier molecular flexibility index (Phi) is 5.42. The van der Waals surface area contributed by atoms with E-state index in [0.717, 1.165) is 12.0 Å². The lowest BCUT2D eigenvalue weighted by Crippen LogP contribution is -2.42. The van der Waals surface area contributed by atoms with E-state index in [1.54, 1.807) is 19.6 Å². The second-order valence-corrected chi connectivity index (χ2v) is 3.63. The molecule has 1 atom stereocenters. The van der Waals surface area contributed by atoms with Gasteiger partial charge in [0.15, 0.2) is 0 Å². The van der Waals surface area contributed by atoms with Gasteiger partial charge in [0, 0.05) is 19.7 Å². The Labute approximate surface area is 95.2 Å². The average molecular weight is 226 g/mol. The van der Waals surface area contributed by atoms with Gasteiger partial charge in [0.2, 0.25) is 0 Å². The number of urea groups is 1. The number of hydrogen-bond donors (Lipinski definition) is 2. The minimum absolute atomic E-state index is 0.0696. The largest absolute Gasteiger partial charge is 0.472 e. The summed E-state index contributed by atoms with van der Waals surface area (Å²) in [6.45, 7) is 2.98. The molecule has 90 valence electrons. The normalized spacial score (nSPS) is 12.1. The molecule has 5 nitrogen and oxygen atoms in total. The van der Waals surface area contributed by atoms with Crippen LogP contribution in [0.1, 0.15) is 12.5 Å². The molecule has 1 heterocycles. The van der Waals surface area contributed by atoms with Crippen LogP contribution in [-0.4, -0.2) is 32.3 Å². The Morgan fingerprint density at radius 3 is 3.06 bits per heavy atom. The van der Waals surface area contributed by atoms with Crippen molar-refractivity contribution in [2.24, 2.45) is 0 Å². The molecule has 0 saturated carbocycles.